The average Bonchev–Trinajstić information content (AvgIpc) is 2.97. The molecular weight excluding hydrogens is 496 g/mol. The van der Waals surface area contributed by atoms with Gasteiger partial charge in [0, 0.05) is 55.4 Å². The van der Waals surface area contributed by atoms with Crippen molar-refractivity contribution in [1.82, 2.24) is 19.8 Å². The first-order valence-corrected chi connectivity index (χ1v) is 13.1. The van der Waals surface area contributed by atoms with Crippen LogP contribution in [0.1, 0.15) is 25.0 Å². The van der Waals surface area contributed by atoms with Crippen LogP contribution in [0, 0.1) is 5.92 Å². The number of hydrogen-bond acceptors (Lipinski definition) is 7. The molecule has 206 valence electrons. The smallest absolute Gasteiger partial charge is 0.323 e. The molecule has 3 amide bonds. The Morgan fingerprint density at radius 2 is 1.92 bits per heavy atom. The molecule has 0 fully saturated rings. The van der Waals surface area contributed by atoms with Gasteiger partial charge in [-0.3, -0.25) is 19.7 Å². The summed E-state index contributed by atoms with van der Waals surface area (Å²) in [5.41, 5.74) is 2.92. The monoisotopic (exact) mass is 532 g/mol. The molecule has 3 aromatic rings. The summed E-state index contributed by atoms with van der Waals surface area (Å²) in [6.45, 7) is 5.60. The Kier molecular flexibility index (Phi) is 9.45. The fourth-order valence-corrected chi connectivity index (χ4v) is 4.63. The lowest BCUT2D eigenvalue weighted by molar-refractivity contribution is -0.134. The minimum atomic E-state index is -0.418. The molecule has 10 heteroatoms. The number of aliphatic hydroxyl groups is 1. The number of pyridine rings is 2. The van der Waals surface area contributed by atoms with E-state index >= 15 is 0 Å². The molecule has 3 N–H and O–H groups in total. The zero-order valence-electron chi connectivity index (χ0n) is 22.6. The maximum Gasteiger partial charge on any atom is 0.323 e. The number of carbonyl (C=O) groups is 2. The normalized spacial score (nSPS) is 18.3. The molecule has 10 nitrogen and oxygen atoms in total. The molecular formula is C29H36N6O4. The lowest BCUT2D eigenvalue weighted by atomic mass is 10.0. The number of carbonyl (C=O) groups excluding carboxylic acids is 2. The molecule has 1 aromatic carbocycles. The molecule has 4 rings (SSSR count). The number of benzene rings is 1. The van der Waals surface area contributed by atoms with E-state index < -0.39 is 6.03 Å². The predicted molar refractivity (Wildman–Crippen MR) is 149 cm³/mol. The number of urea groups is 1. The maximum atomic E-state index is 13.4. The van der Waals surface area contributed by atoms with Crippen molar-refractivity contribution in [2.75, 3.05) is 37.4 Å². The van der Waals surface area contributed by atoms with Gasteiger partial charge in [-0.15, -0.1) is 0 Å². The van der Waals surface area contributed by atoms with Crippen LogP contribution >= 0.6 is 0 Å². The summed E-state index contributed by atoms with van der Waals surface area (Å²) >= 11 is 0. The first-order chi connectivity index (χ1) is 18.8. The molecule has 1 aliphatic rings. The highest BCUT2D eigenvalue weighted by atomic mass is 16.5. The van der Waals surface area contributed by atoms with Gasteiger partial charge in [-0.25, -0.2) is 4.79 Å². The number of hydrogen-bond donors (Lipinski definition) is 3. The topological polar surface area (TPSA) is 120 Å². The van der Waals surface area contributed by atoms with E-state index in [4.69, 9.17) is 4.74 Å². The summed E-state index contributed by atoms with van der Waals surface area (Å²) in [5, 5.41) is 15.4. The number of aliphatic hydroxyl groups excluding tert-OH is 1. The Morgan fingerprint density at radius 3 is 2.64 bits per heavy atom. The minimum absolute atomic E-state index is 0.00292. The summed E-state index contributed by atoms with van der Waals surface area (Å²) < 4.78 is 6.57. The van der Waals surface area contributed by atoms with Gasteiger partial charge in [0.25, 0.3) is 0 Å². The SMILES string of the molecule is CC1CN(C(C)CO)C(=O)Cc2cc(NC(=O)Nc3cccnc3)ccc2OC1CN(C)Cc1ccncc1. The molecule has 0 saturated carbocycles. The summed E-state index contributed by atoms with van der Waals surface area (Å²) in [4.78, 5) is 38.0. The molecule has 0 radical (unpaired) electrons. The Balaban J connectivity index is 1.56. The van der Waals surface area contributed by atoms with Gasteiger partial charge in [-0.05, 0) is 62.0 Å². The Bertz CT molecular complexity index is 1240. The van der Waals surface area contributed by atoms with Gasteiger partial charge < -0.3 is 25.4 Å². The third-order valence-corrected chi connectivity index (χ3v) is 6.79. The number of aromatic nitrogens is 2. The second-order valence-corrected chi connectivity index (χ2v) is 10.1. The number of likely N-dealkylation sites (N-methyl/N-ethyl adjacent to an activating group) is 1. The number of fused-ring (bicyclic) bond motifs is 1. The number of anilines is 2. The first-order valence-electron chi connectivity index (χ1n) is 13.1. The molecule has 0 aliphatic carbocycles. The largest absolute Gasteiger partial charge is 0.488 e. The number of nitrogens with zero attached hydrogens (tertiary/aromatic N) is 4. The van der Waals surface area contributed by atoms with Gasteiger partial charge in [-0.2, -0.15) is 0 Å². The fraction of sp³-hybridized carbons (Fsp3) is 0.379. The van der Waals surface area contributed by atoms with Crippen molar-refractivity contribution in [2.24, 2.45) is 5.92 Å². The van der Waals surface area contributed by atoms with E-state index in [1.807, 2.05) is 26.1 Å². The lowest BCUT2D eigenvalue weighted by Gasteiger charge is -2.34. The maximum absolute atomic E-state index is 13.4. The Labute approximate surface area is 229 Å². The van der Waals surface area contributed by atoms with Gasteiger partial charge in [0.15, 0.2) is 0 Å². The van der Waals surface area contributed by atoms with Crippen molar-refractivity contribution in [3.8, 4) is 5.75 Å². The highest BCUT2D eigenvalue weighted by Crippen LogP contribution is 2.29. The van der Waals surface area contributed by atoms with Gasteiger partial charge in [0.1, 0.15) is 11.9 Å². The molecule has 3 atom stereocenters. The van der Waals surface area contributed by atoms with E-state index in [-0.39, 0.29) is 37.0 Å². The second kappa shape index (κ2) is 13.2. The third kappa shape index (κ3) is 7.75. The molecule has 2 aromatic heterocycles. The molecule has 0 spiro atoms. The average molecular weight is 533 g/mol. The van der Waals surface area contributed by atoms with E-state index in [1.165, 1.54) is 0 Å². The van der Waals surface area contributed by atoms with Crippen LogP contribution in [0.3, 0.4) is 0 Å². The molecule has 3 heterocycles. The van der Waals surface area contributed by atoms with Crippen molar-refractivity contribution in [3.05, 3.63) is 78.4 Å². The summed E-state index contributed by atoms with van der Waals surface area (Å²) in [6.07, 6.45) is 6.61. The lowest BCUT2D eigenvalue weighted by Crippen LogP contribution is -2.47. The fourth-order valence-electron chi connectivity index (χ4n) is 4.63. The van der Waals surface area contributed by atoms with Gasteiger partial charge >= 0.3 is 6.03 Å². The van der Waals surface area contributed by atoms with E-state index in [0.29, 0.717) is 35.8 Å². The van der Waals surface area contributed by atoms with Crippen LogP contribution in [-0.4, -0.2) is 75.7 Å². The Hall–Kier alpha value is -4.02. The van der Waals surface area contributed by atoms with Crippen molar-refractivity contribution >= 4 is 23.3 Å². The van der Waals surface area contributed by atoms with E-state index in [9.17, 15) is 14.7 Å². The number of amides is 3. The number of rotatable bonds is 8. The molecule has 39 heavy (non-hydrogen) atoms. The summed E-state index contributed by atoms with van der Waals surface area (Å²) in [7, 11) is 2.04. The van der Waals surface area contributed by atoms with E-state index in [2.05, 4.69) is 32.4 Å². The minimum Gasteiger partial charge on any atom is -0.488 e. The highest BCUT2D eigenvalue weighted by Gasteiger charge is 2.31. The van der Waals surface area contributed by atoms with Crippen LogP contribution in [0.15, 0.2) is 67.3 Å². The standard InChI is InChI=1S/C29H36N6O4/c1-20-16-35(21(2)19-36)28(37)14-23-13-24(32-29(38)33-25-5-4-10-31-15-25)6-7-26(23)39-27(20)18-34(3)17-22-8-11-30-12-9-22/h4-13,15,20-21,27,36H,14,16-19H2,1-3H3,(H2,32,33,38). The van der Waals surface area contributed by atoms with Crippen molar-refractivity contribution in [3.63, 3.8) is 0 Å². The van der Waals surface area contributed by atoms with Crippen LogP contribution in [0.4, 0.5) is 16.2 Å². The van der Waals surface area contributed by atoms with Crippen LogP contribution in [0.2, 0.25) is 0 Å². The molecule has 1 aliphatic heterocycles. The first kappa shape index (κ1) is 28.0. The van der Waals surface area contributed by atoms with Crippen molar-refractivity contribution < 1.29 is 19.4 Å². The van der Waals surface area contributed by atoms with Crippen LogP contribution < -0.4 is 15.4 Å². The second-order valence-electron chi connectivity index (χ2n) is 10.1. The van der Waals surface area contributed by atoms with Crippen molar-refractivity contribution in [2.45, 2.75) is 39.0 Å². The van der Waals surface area contributed by atoms with Gasteiger partial charge in [0.05, 0.1) is 31.0 Å². The van der Waals surface area contributed by atoms with Gasteiger partial charge in [-0.1, -0.05) is 6.92 Å². The highest BCUT2D eigenvalue weighted by molar-refractivity contribution is 5.99. The molecule has 3 unspecified atom stereocenters. The van der Waals surface area contributed by atoms with Crippen LogP contribution in [0.5, 0.6) is 5.75 Å². The van der Waals surface area contributed by atoms with E-state index in [0.717, 1.165) is 12.1 Å². The predicted octanol–water partition coefficient (Wildman–Crippen LogP) is 3.40. The van der Waals surface area contributed by atoms with Crippen LogP contribution in [-0.2, 0) is 17.8 Å². The summed E-state index contributed by atoms with van der Waals surface area (Å²) in [5.74, 6) is 0.502. The third-order valence-electron chi connectivity index (χ3n) is 6.79. The van der Waals surface area contributed by atoms with Crippen molar-refractivity contribution in [1.29, 1.82) is 0 Å². The molecule has 0 saturated heterocycles. The zero-order valence-corrected chi connectivity index (χ0v) is 22.6. The quantitative estimate of drug-likeness (QED) is 0.407. The molecule has 0 bridgehead atoms. The van der Waals surface area contributed by atoms with E-state index in [1.54, 1.807) is 60.0 Å². The number of ether oxygens (including phenoxy) is 1. The zero-order chi connectivity index (χ0) is 27.8. The number of nitrogens with one attached hydrogen (secondary N) is 2. The van der Waals surface area contributed by atoms with Gasteiger partial charge in [0.2, 0.25) is 5.91 Å². The summed E-state index contributed by atoms with van der Waals surface area (Å²) in [6, 6.07) is 12.0. The Morgan fingerprint density at radius 1 is 1.15 bits per heavy atom. The van der Waals surface area contributed by atoms with Crippen LogP contribution in [0.25, 0.3) is 0 Å².